The number of piperidine rings is 1. The van der Waals surface area contributed by atoms with Crippen molar-refractivity contribution in [1.82, 2.24) is 45.1 Å². The van der Waals surface area contributed by atoms with Crippen LogP contribution in [0.3, 0.4) is 0 Å². The summed E-state index contributed by atoms with van der Waals surface area (Å²) in [6.07, 6.45) is 6.93. The lowest BCUT2D eigenvalue weighted by Crippen LogP contribution is -2.48. The third-order valence-corrected chi connectivity index (χ3v) is 14.2. The van der Waals surface area contributed by atoms with Gasteiger partial charge in [0.15, 0.2) is 0 Å². The summed E-state index contributed by atoms with van der Waals surface area (Å²) < 4.78 is 8.31. The van der Waals surface area contributed by atoms with Crippen molar-refractivity contribution in [3.63, 3.8) is 0 Å². The van der Waals surface area contributed by atoms with Gasteiger partial charge in [-0.15, -0.1) is 21.5 Å². The number of phenolic OH excluding ortho intramolecular Hbond substituents is 1. The lowest BCUT2D eigenvalue weighted by atomic mass is 9.91. The van der Waals surface area contributed by atoms with Crippen LogP contribution in [0.15, 0.2) is 89.2 Å². The Hall–Kier alpha value is -6.52. The van der Waals surface area contributed by atoms with Gasteiger partial charge < -0.3 is 34.4 Å². The molecule has 3 fully saturated rings. The summed E-state index contributed by atoms with van der Waals surface area (Å²) in [7, 11) is 0. The molecule has 16 heteroatoms. The number of nitrogens with one attached hydrogen (secondary N) is 1. The smallest absolute Gasteiger partial charge is 0.243 e. The van der Waals surface area contributed by atoms with E-state index in [4.69, 9.17) is 14.5 Å². The molecule has 4 atom stereocenters. The van der Waals surface area contributed by atoms with Crippen LogP contribution in [0.4, 0.5) is 5.95 Å². The number of rotatable bonds is 12. The minimum Gasteiger partial charge on any atom is -0.507 e. The maximum absolute atomic E-state index is 14.3. The highest BCUT2D eigenvalue weighted by molar-refractivity contribution is 7.13. The summed E-state index contributed by atoms with van der Waals surface area (Å²) in [5.74, 6) is 0.0160. The molecule has 3 N–H and O–H groups in total. The van der Waals surface area contributed by atoms with Crippen molar-refractivity contribution >= 4 is 40.1 Å². The number of aromatic hydroxyl groups is 1. The molecule has 7 aromatic rings. The van der Waals surface area contributed by atoms with E-state index >= 15 is 0 Å². The van der Waals surface area contributed by atoms with Crippen LogP contribution >= 0.6 is 11.3 Å². The van der Waals surface area contributed by atoms with Crippen molar-refractivity contribution in [2.75, 3.05) is 24.5 Å². The minimum atomic E-state index is -0.837. The number of nitrogens with zero attached hydrogens (tertiary/aromatic N) is 9. The highest BCUT2D eigenvalue weighted by atomic mass is 32.1. The average molecular weight is 893 g/mol. The van der Waals surface area contributed by atoms with Gasteiger partial charge in [-0.1, -0.05) is 55.4 Å². The highest BCUT2D eigenvalue weighted by Crippen LogP contribution is 2.44. The number of aromatic nitrogens is 7. The molecule has 0 radical (unpaired) electrons. The van der Waals surface area contributed by atoms with Gasteiger partial charge in [-0.3, -0.25) is 9.59 Å². The van der Waals surface area contributed by atoms with Gasteiger partial charge in [0, 0.05) is 73.3 Å². The predicted molar refractivity (Wildman–Crippen MR) is 247 cm³/mol. The number of likely N-dealkylation sites (tertiary alicyclic amines) is 1. The standard InChI is InChI=1S/C49H52N10O5S/c1-27(2)45(48(63)58-25-35(60)19-42(58)47(62)53-28(3)30-9-11-32(12-10-30)46-29(4)52-26-65-46)44-22-37(56-64-44)33-23-50-49(51-24-33)57-17-15-31(16-18-57)40-21-39-41(59(40)34-13-14-34)20-38(54-55-39)36-7-5-6-8-43(36)61/h5-12,20-24,26-28,31,34-35,42,45,60-61H,13-19,25H2,1-4H3,(H,53,62)/t28?,35-,42+,45?/m1/s1. The van der Waals surface area contributed by atoms with Gasteiger partial charge in [0.2, 0.25) is 17.8 Å². The van der Waals surface area contributed by atoms with E-state index in [0.717, 1.165) is 71.5 Å². The number of thiazole rings is 1. The zero-order valence-electron chi connectivity index (χ0n) is 36.8. The molecular formula is C49H52N10O5S. The van der Waals surface area contributed by atoms with Crippen molar-refractivity contribution in [2.45, 2.75) is 95.9 Å². The third-order valence-electron chi connectivity index (χ3n) is 13.3. The van der Waals surface area contributed by atoms with Crippen LogP contribution in [0.5, 0.6) is 5.75 Å². The van der Waals surface area contributed by atoms with Gasteiger partial charge in [-0.05, 0) is 80.8 Å². The molecule has 334 valence electrons. The summed E-state index contributed by atoms with van der Waals surface area (Å²) in [6, 6.07) is 20.6. The predicted octanol–water partition coefficient (Wildman–Crippen LogP) is 7.98. The van der Waals surface area contributed by atoms with Gasteiger partial charge in [0.1, 0.15) is 34.7 Å². The van der Waals surface area contributed by atoms with Crippen LogP contribution in [0.25, 0.3) is 44.0 Å². The van der Waals surface area contributed by atoms with Gasteiger partial charge >= 0.3 is 0 Å². The highest BCUT2D eigenvalue weighted by Gasteiger charge is 2.43. The summed E-state index contributed by atoms with van der Waals surface area (Å²) in [4.78, 5) is 46.8. The number of hydrogen-bond donors (Lipinski definition) is 3. The monoisotopic (exact) mass is 892 g/mol. The molecule has 2 amide bonds. The Morgan fingerprint density at radius 3 is 2.34 bits per heavy atom. The number of anilines is 1. The van der Waals surface area contributed by atoms with Crippen molar-refractivity contribution < 1.29 is 24.3 Å². The van der Waals surface area contributed by atoms with E-state index in [-0.39, 0.29) is 42.5 Å². The zero-order valence-corrected chi connectivity index (χ0v) is 37.7. The van der Waals surface area contributed by atoms with E-state index in [0.29, 0.717) is 46.2 Å². The second-order valence-electron chi connectivity index (χ2n) is 18.1. The van der Waals surface area contributed by atoms with Gasteiger partial charge in [0.05, 0.1) is 39.4 Å². The molecule has 2 saturated heterocycles. The molecule has 1 saturated carbocycles. The largest absolute Gasteiger partial charge is 0.507 e. The number of carbonyl (C=O) groups is 2. The molecule has 15 nitrogen and oxygen atoms in total. The first-order valence-corrected chi connectivity index (χ1v) is 23.4. The number of phenols is 1. The van der Waals surface area contributed by atoms with E-state index in [1.54, 1.807) is 41.9 Å². The van der Waals surface area contributed by atoms with Gasteiger partial charge in [0.25, 0.3) is 0 Å². The van der Waals surface area contributed by atoms with E-state index < -0.39 is 18.1 Å². The first-order chi connectivity index (χ1) is 31.5. The summed E-state index contributed by atoms with van der Waals surface area (Å²) in [5.41, 5.74) is 10.5. The van der Waals surface area contributed by atoms with Crippen LogP contribution in [0, 0.1) is 12.8 Å². The number of carbonyl (C=O) groups excluding carboxylic acids is 2. The van der Waals surface area contributed by atoms with Crippen molar-refractivity contribution in [3.05, 3.63) is 107 Å². The molecule has 2 aromatic carbocycles. The van der Waals surface area contributed by atoms with Crippen molar-refractivity contribution in [3.8, 4) is 38.7 Å². The number of aliphatic hydroxyl groups is 1. The van der Waals surface area contributed by atoms with E-state index in [1.807, 2.05) is 69.6 Å². The Labute approximate surface area is 380 Å². The molecule has 7 heterocycles. The maximum Gasteiger partial charge on any atom is 0.243 e. The Morgan fingerprint density at radius 2 is 1.65 bits per heavy atom. The van der Waals surface area contributed by atoms with Crippen LogP contribution in [0.2, 0.25) is 0 Å². The molecule has 0 bridgehead atoms. The Balaban J connectivity index is 0.786. The van der Waals surface area contributed by atoms with E-state index in [9.17, 15) is 19.8 Å². The number of benzene rings is 2. The first-order valence-electron chi connectivity index (χ1n) is 22.5. The topological polar surface area (TPSA) is 189 Å². The van der Waals surface area contributed by atoms with Crippen LogP contribution in [0.1, 0.15) is 99.5 Å². The Morgan fingerprint density at radius 1 is 0.892 bits per heavy atom. The first kappa shape index (κ1) is 42.4. The van der Waals surface area contributed by atoms with Gasteiger partial charge in [-0.2, -0.15) is 0 Å². The molecule has 3 aliphatic rings. The average Bonchev–Trinajstić information content (AvgIpc) is 3.60. The SMILES string of the molecule is Cc1ncsc1-c1ccc(C(C)NC(=O)[C@@H]2C[C@@H](O)CN2C(=O)C(c2cc(-c3cnc(N4CCC(c5cc6nnc(-c7ccccc7O)cc6n5C5CC5)CC4)nc3)no2)C(C)C)cc1. The number of amides is 2. The number of fused-ring (bicyclic) bond motifs is 1. The Kier molecular flexibility index (Phi) is 11.4. The summed E-state index contributed by atoms with van der Waals surface area (Å²) in [6.45, 7) is 9.39. The molecule has 1 aliphatic carbocycles. The molecule has 65 heavy (non-hydrogen) atoms. The van der Waals surface area contributed by atoms with Crippen LogP contribution in [-0.2, 0) is 9.59 Å². The molecule has 0 spiro atoms. The third kappa shape index (κ3) is 8.36. The van der Waals surface area contributed by atoms with E-state index in [2.05, 4.69) is 47.3 Å². The van der Waals surface area contributed by atoms with Crippen LogP contribution < -0.4 is 10.2 Å². The lowest BCUT2D eigenvalue weighted by Gasteiger charge is -2.32. The van der Waals surface area contributed by atoms with Crippen LogP contribution in [-0.4, -0.2) is 93.6 Å². The molecule has 2 aliphatic heterocycles. The number of aryl methyl sites for hydroxylation is 1. The fourth-order valence-electron chi connectivity index (χ4n) is 9.59. The minimum absolute atomic E-state index is 0.0470. The lowest BCUT2D eigenvalue weighted by molar-refractivity contribution is -0.141. The molecule has 5 aromatic heterocycles. The second-order valence-corrected chi connectivity index (χ2v) is 18.9. The maximum atomic E-state index is 14.3. The quantitative estimate of drug-likeness (QED) is 0.108. The molecular weight excluding hydrogens is 841 g/mol. The van der Waals surface area contributed by atoms with E-state index in [1.165, 1.54) is 10.6 Å². The normalized spacial score (nSPS) is 19.0. The molecule has 2 unspecified atom stereocenters. The number of aliphatic hydroxyl groups excluding tert-OH is 1. The number of β-amino-alcohol motifs (C(OH)–C–C–N with tert-alkyl or cyclic N) is 1. The number of para-hydroxylation sites is 1. The fraction of sp³-hybridized carbons (Fsp3) is 0.388. The fourth-order valence-corrected chi connectivity index (χ4v) is 10.4. The Bertz CT molecular complexity index is 2840. The summed E-state index contributed by atoms with van der Waals surface area (Å²) >= 11 is 1.59. The zero-order chi connectivity index (χ0) is 44.9. The van der Waals surface area contributed by atoms with Crippen molar-refractivity contribution in [1.29, 1.82) is 0 Å². The molecule has 10 rings (SSSR count). The second kappa shape index (κ2) is 17.5. The van der Waals surface area contributed by atoms with Crippen molar-refractivity contribution in [2.24, 2.45) is 5.92 Å². The number of hydrogen-bond acceptors (Lipinski definition) is 13. The summed E-state index contributed by atoms with van der Waals surface area (Å²) in [5, 5.41) is 37.7. The van der Waals surface area contributed by atoms with Gasteiger partial charge in [-0.25, -0.2) is 15.0 Å².